The molecule has 2 aliphatic heterocycles. The number of nitrogens with zero attached hydrogens (tertiary/aromatic N) is 1. The molecule has 6 heteroatoms. The van der Waals surface area contributed by atoms with Gasteiger partial charge in [-0.25, -0.2) is 0 Å². The maximum Gasteiger partial charge on any atom is 0.297 e. The van der Waals surface area contributed by atoms with Crippen molar-refractivity contribution < 1.29 is 17.3 Å². The van der Waals surface area contributed by atoms with Gasteiger partial charge in [0.05, 0.1) is 17.1 Å². The number of hydrogen-bond donors (Lipinski definition) is 0. The lowest BCUT2D eigenvalue weighted by Crippen LogP contribution is -2.42. The number of aryl methyl sites for hydroxylation is 1. The lowest BCUT2D eigenvalue weighted by Gasteiger charge is -2.39. The maximum atomic E-state index is 12.7. The van der Waals surface area contributed by atoms with Crippen LogP contribution in [0.5, 0.6) is 0 Å². The zero-order valence-corrected chi connectivity index (χ0v) is 19.6. The van der Waals surface area contributed by atoms with Gasteiger partial charge in [0.25, 0.3) is 10.1 Å². The van der Waals surface area contributed by atoms with Crippen LogP contribution in [-0.2, 0) is 31.2 Å². The van der Waals surface area contributed by atoms with E-state index in [9.17, 15) is 8.42 Å². The van der Waals surface area contributed by atoms with Crippen LogP contribution in [0, 0.1) is 6.92 Å². The molecule has 0 amide bonds. The number of rotatable bonds is 6. The molecule has 0 bridgehead atoms. The number of hydrogen-bond acceptors (Lipinski definition) is 5. The first-order chi connectivity index (χ1) is 16.0. The first-order valence-electron chi connectivity index (χ1n) is 11.4. The van der Waals surface area contributed by atoms with Gasteiger partial charge in [-0.2, -0.15) is 8.42 Å². The molecule has 3 aromatic carbocycles. The molecule has 2 aliphatic rings. The molecule has 0 aromatic heterocycles. The Kier molecular flexibility index (Phi) is 6.10. The highest BCUT2D eigenvalue weighted by Gasteiger charge is 2.46. The smallest absolute Gasteiger partial charge is 0.297 e. The van der Waals surface area contributed by atoms with Crippen molar-refractivity contribution in [2.24, 2.45) is 0 Å². The van der Waals surface area contributed by atoms with Gasteiger partial charge < -0.3 is 4.74 Å². The normalized spacial score (nSPS) is 20.1. The van der Waals surface area contributed by atoms with Gasteiger partial charge >= 0.3 is 0 Å². The zero-order chi connectivity index (χ0) is 22.9. The number of likely N-dealkylation sites (tertiary alicyclic amines) is 1. The summed E-state index contributed by atoms with van der Waals surface area (Å²) in [6.45, 7) is 4.69. The third kappa shape index (κ3) is 4.62. The van der Waals surface area contributed by atoms with Gasteiger partial charge in [-0.3, -0.25) is 9.08 Å². The summed E-state index contributed by atoms with van der Waals surface area (Å²) in [6.07, 6.45) is 1.35. The van der Waals surface area contributed by atoms with E-state index < -0.39 is 16.2 Å². The van der Waals surface area contributed by atoms with Crippen molar-refractivity contribution >= 4 is 10.1 Å². The van der Waals surface area contributed by atoms with E-state index in [1.54, 1.807) is 24.3 Å². The third-order valence-corrected chi connectivity index (χ3v) is 8.06. The van der Waals surface area contributed by atoms with Gasteiger partial charge in [0, 0.05) is 19.6 Å². The Hall–Kier alpha value is -2.51. The first-order valence-corrected chi connectivity index (χ1v) is 12.9. The molecule has 1 atom stereocenters. The van der Waals surface area contributed by atoms with Crippen LogP contribution in [-0.4, -0.2) is 33.0 Å². The zero-order valence-electron chi connectivity index (χ0n) is 18.8. The van der Waals surface area contributed by atoms with Crippen LogP contribution in [0.2, 0.25) is 0 Å². The summed E-state index contributed by atoms with van der Waals surface area (Å²) in [7, 11) is -3.84. The van der Waals surface area contributed by atoms with Crippen LogP contribution in [0.25, 0.3) is 0 Å². The fourth-order valence-corrected chi connectivity index (χ4v) is 5.85. The lowest BCUT2D eigenvalue weighted by molar-refractivity contribution is -0.119. The molecule has 1 fully saturated rings. The molecule has 3 aromatic rings. The molecule has 2 heterocycles. The monoisotopic (exact) mass is 463 g/mol. The minimum Gasteiger partial charge on any atom is -0.360 e. The lowest BCUT2D eigenvalue weighted by atomic mass is 9.83. The van der Waals surface area contributed by atoms with Gasteiger partial charge in [0.1, 0.15) is 6.10 Å². The minimum absolute atomic E-state index is 0.0251. The van der Waals surface area contributed by atoms with E-state index in [2.05, 4.69) is 35.2 Å². The highest BCUT2D eigenvalue weighted by atomic mass is 32.2. The second-order valence-electron chi connectivity index (χ2n) is 9.00. The van der Waals surface area contributed by atoms with Crippen LogP contribution in [0.3, 0.4) is 0 Å². The van der Waals surface area contributed by atoms with Gasteiger partial charge in [-0.05, 0) is 48.6 Å². The highest BCUT2D eigenvalue weighted by Crippen LogP contribution is 2.49. The molecule has 0 saturated carbocycles. The summed E-state index contributed by atoms with van der Waals surface area (Å²) in [6, 6.07) is 25.4. The van der Waals surface area contributed by atoms with Crippen molar-refractivity contribution in [3.05, 3.63) is 101 Å². The molecule has 1 spiro atoms. The second-order valence-corrected chi connectivity index (χ2v) is 10.6. The Labute approximate surface area is 196 Å². The van der Waals surface area contributed by atoms with Crippen molar-refractivity contribution in [1.29, 1.82) is 0 Å². The number of fused-ring (bicyclic) bond motifs is 2. The van der Waals surface area contributed by atoms with Crippen molar-refractivity contribution in [2.75, 3.05) is 19.7 Å². The van der Waals surface area contributed by atoms with Crippen molar-refractivity contribution in [3.8, 4) is 0 Å². The first kappa shape index (κ1) is 22.3. The molecule has 5 nitrogen and oxygen atoms in total. The fraction of sp³-hybridized carbons (Fsp3) is 0.333. The molecule has 0 N–H and O–H groups in total. The largest absolute Gasteiger partial charge is 0.360 e. The molecular formula is C27H29NO4S. The minimum atomic E-state index is -3.84. The third-order valence-electron chi connectivity index (χ3n) is 6.76. The molecule has 1 unspecified atom stereocenters. The van der Waals surface area contributed by atoms with E-state index in [0.717, 1.165) is 43.6 Å². The Balaban J connectivity index is 1.28. The Morgan fingerprint density at radius 2 is 1.61 bits per heavy atom. The van der Waals surface area contributed by atoms with Crippen LogP contribution in [0.1, 0.15) is 41.2 Å². The van der Waals surface area contributed by atoms with Crippen LogP contribution in [0.15, 0.2) is 83.8 Å². The van der Waals surface area contributed by atoms with Crippen LogP contribution in [0.4, 0.5) is 0 Å². The SMILES string of the molecule is Cc1ccc(S(=O)(=O)OCC2OC3(CCN(Cc4ccccc4)CC3)c3ccccc32)cc1. The standard InChI is InChI=1S/C27H29NO4S/c1-21-11-13-23(14-12-21)33(29,30)31-20-26-24-9-5-6-10-25(24)27(32-26)15-17-28(18-16-27)19-22-7-3-2-4-8-22/h2-14,26H,15-20H2,1H3. The summed E-state index contributed by atoms with van der Waals surface area (Å²) in [5.74, 6) is 0. The average molecular weight is 464 g/mol. The summed E-state index contributed by atoms with van der Waals surface area (Å²) in [5, 5.41) is 0. The second kappa shape index (κ2) is 9.03. The van der Waals surface area contributed by atoms with Crippen LogP contribution >= 0.6 is 0 Å². The van der Waals surface area contributed by atoms with Crippen molar-refractivity contribution in [1.82, 2.24) is 4.90 Å². The fourth-order valence-electron chi connectivity index (χ4n) is 4.94. The Morgan fingerprint density at radius 1 is 0.939 bits per heavy atom. The van der Waals surface area contributed by atoms with Crippen LogP contribution < -0.4 is 0 Å². The number of piperidine rings is 1. The predicted molar refractivity (Wildman–Crippen MR) is 127 cm³/mol. The van der Waals surface area contributed by atoms with E-state index in [4.69, 9.17) is 8.92 Å². The van der Waals surface area contributed by atoms with Gasteiger partial charge in [-0.15, -0.1) is 0 Å². The van der Waals surface area contributed by atoms with Crippen molar-refractivity contribution in [3.63, 3.8) is 0 Å². The number of ether oxygens (including phenoxy) is 1. The molecule has 5 rings (SSSR count). The average Bonchev–Trinajstić information content (AvgIpc) is 3.14. The van der Waals surface area contributed by atoms with Gasteiger partial charge in [0.15, 0.2) is 0 Å². The summed E-state index contributed by atoms with van der Waals surface area (Å²) in [5.41, 5.74) is 4.14. The molecule has 0 radical (unpaired) electrons. The van der Waals surface area contributed by atoms with E-state index in [1.807, 2.05) is 31.2 Å². The summed E-state index contributed by atoms with van der Waals surface area (Å²) in [4.78, 5) is 2.63. The van der Waals surface area contributed by atoms with Gasteiger partial charge in [-0.1, -0.05) is 72.3 Å². The molecule has 0 aliphatic carbocycles. The molecule has 172 valence electrons. The quantitative estimate of drug-likeness (QED) is 0.484. The topological polar surface area (TPSA) is 55.8 Å². The Morgan fingerprint density at radius 3 is 2.33 bits per heavy atom. The molecular weight excluding hydrogens is 434 g/mol. The van der Waals surface area contributed by atoms with E-state index in [0.29, 0.717) is 0 Å². The van der Waals surface area contributed by atoms with E-state index in [-0.39, 0.29) is 17.1 Å². The molecule has 1 saturated heterocycles. The summed E-state index contributed by atoms with van der Waals surface area (Å²) < 4.78 is 37.5. The Bertz CT molecular complexity index is 1200. The highest BCUT2D eigenvalue weighted by molar-refractivity contribution is 7.86. The predicted octanol–water partition coefficient (Wildman–Crippen LogP) is 4.96. The van der Waals surface area contributed by atoms with Gasteiger partial charge in [0.2, 0.25) is 0 Å². The summed E-state index contributed by atoms with van der Waals surface area (Å²) >= 11 is 0. The maximum absolute atomic E-state index is 12.7. The van der Waals surface area contributed by atoms with Crippen molar-refractivity contribution in [2.45, 2.75) is 42.9 Å². The van der Waals surface area contributed by atoms with E-state index >= 15 is 0 Å². The molecule has 33 heavy (non-hydrogen) atoms. The van der Waals surface area contributed by atoms with E-state index in [1.165, 1.54) is 11.1 Å². The number of benzene rings is 3.